The molecule has 0 aliphatic rings. The van der Waals surface area contributed by atoms with Crippen molar-refractivity contribution in [3.63, 3.8) is 0 Å². The largest absolute Gasteiger partial charge is 0.299 e. The van der Waals surface area contributed by atoms with Gasteiger partial charge in [-0.1, -0.05) is 65.7 Å². The molecule has 23 heavy (non-hydrogen) atoms. The highest BCUT2D eigenvalue weighted by Gasteiger charge is 2.19. The number of carbonyl (C=O) groups is 1. The van der Waals surface area contributed by atoms with E-state index < -0.39 is 0 Å². The van der Waals surface area contributed by atoms with Gasteiger partial charge in [-0.05, 0) is 43.2 Å². The molecule has 128 valence electrons. The molecule has 0 aliphatic heterocycles. The van der Waals surface area contributed by atoms with Crippen LogP contribution in [0.3, 0.4) is 0 Å². The number of benzene rings is 1. The monoisotopic (exact) mass is 315 g/mol. The van der Waals surface area contributed by atoms with Gasteiger partial charge in [0.15, 0.2) is 0 Å². The first kappa shape index (κ1) is 19.6. The Hall–Kier alpha value is -1.44. The smallest absolute Gasteiger partial charge is 0.138 e. The van der Waals surface area contributed by atoms with Crippen LogP contribution in [0, 0.1) is 5.92 Å². The molecule has 0 saturated carbocycles. The summed E-state index contributed by atoms with van der Waals surface area (Å²) in [6.45, 7) is 14.7. The van der Waals surface area contributed by atoms with Crippen molar-refractivity contribution < 1.29 is 4.79 Å². The molecule has 1 aromatic carbocycles. The summed E-state index contributed by atoms with van der Waals surface area (Å²) in [7, 11) is 0. The number of hydrogen-bond donors (Lipinski definition) is 0. The average Bonchev–Trinajstić information content (AvgIpc) is 2.46. The van der Waals surface area contributed by atoms with Gasteiger partial charge in [0.25, 0.3) is 0 Å². The van der Waals surface area contributed by atoms with E-state index >= 15 is 0 Å². The SMILES string of the molecule is CCCCC(C(C)=O)/C(C)=N/c1c(C(C)C)cccc1C(C)C. The zero-order valence-electron chi connectivity index (χ0n) is 15.9. The number of nitrogens with zero attached hydrogens (tertiary/aromatic N) is 1. The second-order valence-corrected chi connectivity index (χ2v) is 7.15. The first-order valence-corrected chi connectivity index (χ1v) is 8.97. The molecule has 1 atom stereocenters. The van der Waals surface area contributed by atoms with Crippen molar-refractivity contribution >= 4 is 17.2 Å². The number of carbonyl (C=O) groups excluding carboxylic acids is 1. The maximum absolute atomic E-state index is 12.0. The second-order valence-electron chi connectivity index (χ2n) is 7.15. The summed E-state index contributed by atoms with van der Waals surface area (Å²) in [5, 5.41) is 0. The Kier molecular flexibility index (Phi) is 7.67. The molecule has 2 nitrogen and oxygen atoms in total. The lowest BCUT2D eigenvalue weighted by atomic mass is 9.91. The van der Waals surface area contributed by atoms with Gasteiger partial charge in [-0.15, -0.1) is 0 Å². The fourth-order valence-corrected chi connectivity index (χ4v) is 3.01. The van der Waals surface area contributed by atoms with E-state index in [1.54, 1.807) is 6.92 Å². The molecular formula is C21H33NO. The highest BCUT2D eigenvalue weighted by Crippen LogP contribution is 2.35. The van der Waals surface area contributed by atoms with Crippen LogP contribution in [0.5, 0.6) is 0 Å². The molecule has 0 aliphatic carbocycles. The van der Waals surface area contributed by atoms with Crippen molar-refractivity contribution in [1.82, 2.24) is 0 Å². The molecule has 1 rings (SSSR count). The predicted octanol–water partition coefficient (Wildman–Crippen LogP) is 6.42. The summed E-state index contributed by atoms with van der Waals surface area (Å²) in [5.41, 5.74) is 4.58. The Bertz CT molecular complexity index is 529. The van der Waals surface area contributed by atoms with Gasteiger partial charge < -0.3 is 0 Å². The third kappa shape index (κ3) is 5.30. The van der Waals surface area contributed by atoms with Gasteiger partial charge in [-0.2, -0.15) is 0 Å². The molecule has 0 amide bonds. The van der Waals surface area contributed by atoms with Crippen LogP contribution in [0.25, 0.3) is 0 Å². The van der Waals surface area contributed by atoms with Gasteiger partial charge in [0.2, 0.25) is 0 Å². The second kappa shape index (κ2) is 9.00. The Labute approximate surface area is 142 Å². The predicted molar refractivity (Wildman–Crippen MR) is 101 cm³/mol. The van der Waals surface area contributed by atoms with Gasteiger partial charge in [0.1, 0.15) is 5.78 Å². The number of para-hydroxylation sites is 1. The minimum Gasteiger partial charge on any atom is -0.299 e. The average molecular weight is 316 g/mol. The van der Waals surface area contributed by atoms with Crippen molar-refractivity contribution in [3.05, 3.63) is 29.3 Å². The van der Waals surface area contributed by atoms with Gasteiger partial charge in [-0.3, -0.25) is 9.79 Å². The van der Waals surface area contributed by atoms with Crippen molar-refractivity contribution in [1.29, 1.82) is 0 Å². The third-order valence-corrected chi connectivity index (χ3v) is 4.47. The summed E-state index contributed by atoms with van der Waals surface area (Å²) in [5.74, 6) is 1.03. The molecular weight excluding hydrogens is 282 g/mol. The van der Waals surface area contributed by atoms with Gasteiger partial charge in [0.05, 0.1) is 11.6 Å². The van der Waals surface area contributed by atoms with Crippen molar-refractivity contribution in [2.45, 2.75) is 79.6 Å². The standard InChI is InChI=1S/C21H33NO/c1-8-9-11-20(17(7)23)16(6)22-21-18(14(2)3)12-10-13-19(21)15(4)5/h10,12-15,20H,8-9,11H2,1-7H3/b22-16+. The summed E-state index contributed by atoms with van der Waals surface area (Å²) in [4.78, 5) is 17.0. The first-order valence-electron chi connectivity index (χ1n) is 8.97. The normalized spacial score (nSPS) is 13.7. The van der Waals surface area contributed by atoms with Crippen LogP contribution in [0.2, 0.25) is 0 Å². The van der Waals surface area contributed by atoms with Crippen LogP contribution in [-0.4, -0.2) is 11.5 Å². The van der Waals surface area contributed by atoms with Crippen LogP contribution in [-0.2, 0) is 4.79 Å². The Balaban J connectivity index is 3.34. The summed E-state index contributed by atoms with van der Waals surface area (Å²) >= 11 is 0. The van der Waals surface area contributed by atoms with E-state index in [0.29, 0.717) is 11.8 Å². The summed E-state index contributed by atoms with van der Waals surface area (Å²) in [6, 6.07) is 6.45. The zero-order valence-corrected chi connectivity index (χ0v) is 15.9. The van der Waals surface area contributed by atoms with E-state index in [1.807, 2.05) is 6.92 Å². The summed E-state index contributed by atoms with van der Waals surface area (Å²) < 4.78 is 0. The number of rotatable bonds is 8. The lowest BCUT2D eigenvalue weighted by Crippen LogP contribution is -2.19. The van der Waals surface area contributed by atoms with E-state index in [-0.39, 0.29) is 11.7 Å². The molecule has 0 heterocycles. The van der Waals surface area contributed by atoms with Crippen molar-refractivity contribution in [2.75, 3.05) is 0 Å². The lowest BCUT2D eigenvalue weighted by molar-refractivity contribution is -0.119. The van der Waals surface area contributed by atoms with Gasteiger partial charge in [0, 0.05) is 5.71 Å². The van der Waals surface area contributed by atoms with E-state index in [1.165, 1.54) is 11.1 Å². The molecule has 0 spiro atoms. The van der Waals surface area contributed by atoms with E-state index in [0.717, 1.165) is 30.7 Å². The van der Waals surface area contributed by atoms with Gasteiger partial charge in [-0.25, -0.2) is 0 Å². The first-order chi connectivity index (χ1) is 10.8. The molecule has 0 fully saturated rings. The topological polar surface area (TPSA) is 29.4 Å². The molecule has 0 radical (unpaired) electrons. The zero-order chi connectivity index (χ0) is 17.6. The minimum atomic E-state index is -0.0461. The maximum atomic E-state index is 12.0. The van der Waals surface area contributed by atoms with E-state index in [9.17, 15) is 4.79 Å². The van der Waals surface area contributed by atoms with Gasteiger partial charge >= 0.3 is 0 Å². The van der Waals surface area contributed by atoms with E-state index in [4.69, 9.17) is 4.99 Å². The van der Waals surface area contributed by atoms with Crippen molar-refractivity contribution in [2.24, 2.45) is 10.9 Å². The Morgan fingerprint density at radius 2 is 1.57 bits per heavy atom. The number of Topliss-reactive ketones (excluding diaryl/α,β-unsaturated/α-hetero) is 1. The molecule has 1 aromatic rings. The number of ketones is 1. The lowest BCUT2D eigenvalue weighted by Gasteiger charge is -2.19. The number of aliphatic imine (C=N–C) groups is 1. The fraction of sp³-hybridized carbons (Fsp3) is 0.619. The molecule has 0 bridgehead atoms. The minimum absolute atomic E-state index is 0.0461. The fourth-order valence-electron chi connectivity index (χ4n) is 3.01. The maximum Gasteiger partial charge on any atom is 0.138 e. The van der Waals surface area contributed by atoms with Crippen LogP contribution < -0.4 is 0 Å². The van der Waals surface area contributed by atoms with E-state index in [2.05, 4.69) is 52.8 Å². The van der Waals surface area contributed by atoms with Crippen LogP contribution in [0.1, 0.15) is 90.7 Å². The van der Waals surface area contributed by atoms with Crippen molar-refractivity contribution in [3.8, 4) is 0 Å². The van der Waals surface area contributed by atoms with Crippen LogP contribution >= 0.6 is 0 Å². The quantitative estimate of drug-likeness (QED) is 0.509. The van der Waals surface area contributed by atoms with Crippen LogP contribution in [0.4, 0.5) is 5.69 Å². The Morgan fingerprint density at radius 3 is 1.96 bits per heavy atom. The molecule has 2 heteroatoms. The highest BCUT2D eigenvalue weighted by molar-refractivity contribution is 6.04. The highest BCUT2D eigenvalue weighted by atomic mass is 16.1. The Morgan fingerprint density at radius 1 is 1.04 bits per heavy atom. The third-order valence-electron chi connectivity index (χ3n) is 4.47. The summed E-state index contributed by atoms with van der Waals surface area (Å²) in [6.07, 6.45) is 3.08. The molecule has 1 unspecified atom stereocenters. The van der Waals surface area contributed by atoms with Crippen LogP contribution in [0.15, 0.2) is 23.2 Å². The molecule has 0 saturated heterocycles. The molecule has 0 N–H and O–H groups in total. The number of unbranched alkanes of at least 4 members (excludes halogenated alkanes) is 1. The molecule has 0 aromatic heterocycles. The number of hydrogen-bond acceptors (Lipinski definition) is 2.